The summed E-state index contributed by atoms with van der Waals surface area (Å²) in [5.41, 5.74) is 2.47. The van der Waals surface area contributed by atoms with Crippen molar-refractivity contribution < 1.29 is 22.8 Å². The van der Waals surface area contributed by atoms with E-state index in [9.17, 15) is 22.8 Å². The number of hydrogen-bond acceptors (Lipinski definition) is 5. The molecular weight excluding hydrogens is 456 g/mol. The van der Waals surface area contributed by atoms with Crippen LogP contribution < -0.4 is 14.9 Å². The van der Waals surface area contributed by atoms with Crippen molar-refractivity contribution in [1.82, 2.24) is 9.62 Å². The van der Waals surface area contributed by atoms with Crippen molar-refractivity contribution in [2.75, 3.05) is 23.3 Å². The summed E-state index contributed by atoms with van der Waals surface area (Å²) in [5, 5.41) is 2.28. The molecule has 2 aliphatic heterocycles. The van der Waals surface area contributed by atoms with Crippen LogP contribution in [0.15, 0.2) is 42.5 Å². The fourth-order valence-corrected chi connectivity index (χ4v) is 4.99. The minimum Gasteiger partial charge on any atom is -0.324 e. The van der Waals surface area contributed by atoms with Gasteiger partial charge in [0.1, 0.15) is 0 Å². The predicted octanol–water partition coefficient (Wildman–Crippen LogP) is 3.12. The van der Waals surface area contributed by atoms with Gasteiger partial charge in [-0.25, -0.2) is 22.8 Å². The summed E-state index contributed by atoms with van der Waals surface area (Å²) in [4.78, 5) is 41.3. The van der Waals surface area contributed by atoms with Crippen LogP contribution in [0.1, 0.15) is 53.0 Å². The molecule has 10 heteroatoms. The van der Waals surface area contributed by atoms with Gasteiger partial charge in [-0.3, -0.25) is 9.59 Å². The van der Waals surface area contributed by atoms with E-state index in [0.717, 1.165) is 10.5 Å². The average molecular weight is 485 g/mol. The molecule has 0 aliphatic carbocycles. The number of fused-ring (bicyclic) bond motifs is 1. The zero-order valence-electron chi connectivity index (χ0n) is 19.4. The van der Waals surface area contributed by atoms with Crippen LogP contribution in [0.5, 0.6) is 0 Å². The molecule has 0 saturated carbocycles. The van der Waals surface area contributed by atoms with Crippen molar-refractivity contribution in [2.24, 2.45) is 0 Å². The Bertz CT molecular complexity index is 1230. The number of benzene rings is 2. The number of aryl methyl sites for hydroxylation is 1. The zero-order valence-corrected chi connectivity index (χ0v) is 20.2. The number of carbonyl (C=O) groups excluding carboxylic acids is 3. The van der Waals surface area contributed by atoms with Gasteiger partial charge in [-0.05, 0) is 63.9 Å². The first-order chi connectivity index (χ1) is 16.1. The molecule has 9 nitrogen and oxygen atoms in total. The monoisotopic (exact) mass is 484 g/mol. The molecule has 2 heterocycles. The second kappa shape index (κ2) is 9.19. The summed E-state index contributed by atoms with van der Waals surface area (Å²) in [5.74, 6) is -0.828. The Kier molecular flexibility index (Phi) is 6.46. The van der Waals surface area contributed by atoms with Crippen LogP contribution in [-0.4, -0.2) is 55.5 Å². The Morgan fingerprint density at radius 3 is 2.21 bits per heavy atom. The van der Waals surface area contributed by atoms with Gasteiger partial charge in [0.25, 0.3) is 11.8 Å². The van der Waals surface area contributed by atoms with Crippen molar-refractivity contribution in [2.45, 2.75) is 44.9 Å². The molecule has 2 N–H and O–H groups in total. The first-order valence-electron chi connectivity index (χ1n) is 11.2. The Labute approximate surface area is 199 Å². The van der Waals surface area contributed by atoms with E-state index in [-0.39, 0.29) is 17.6 Å². The van der Waals surface area contributed by atoms with Crippen molar-refractivity contribution in [3.8, 4) is 0 Å². The summed E-state index contributed by atoms with van der Waals surface area (Å²) in [6.45, 7) is 5.98. The summed E-state index contributed by atoms with van der Waals surface area (Å²) in [7, 11) is -3.36. The molecule has 34 heavy (non-hydrogen) atoms. The van der Waals surface area contributed by atoms with Crippen LogP contribution in [-0.2, 0) is 10.0 Å². The van der Waals surface area contributed by atoms with Gasteiger partial charge in [0.05, 0.1) is 22.1 Å². The number of urea groups is 1. The Morgan fingerprint density at radius 2 is 1.59 bits per heavy atom. The minimum absolute atomic E-state index is 0.201. The van der Waals surface area contributed by atoms with Gasteiger partial charge >= 0.3 is 6.03 Å². The SMILES string of the molecule is Cc1ccc(N2C(=O)c3ccc(NC(=O)N4CCC(NS(=O)(=O)C(C)C)CC4)cc3C2=O)cc1. The van der Waals surface area contributed by atoms with Gasteiger partial charge < -0.3 is 10.2 Å². The van der Waals surface area contributed by atoms with Crippen LogP contribution in [0.4, 0.5) is 16.2 Å². The minimum atomic E-state index is -3.36. The second-order valence-electron chi connectivity index (χ2n) is 8.94. The van der Waals surface area contributed by atoms with E-state index in [1.165, 1.54) is 6.07 Å². The van der Waals surface area contributed by atoms with Gasteiger partial charge in [0.2, 0.25) is 10.0 Å². The number of rotatable bonds is 5. The first-order valence-corrected chi connectivity index (χ1v) is 12.8. The third kappa shape index (κ3) is 4.69. The van der Waals surface area contributed by atoms with Crippen LogP contribution in [0.3, 0.4) is 0 Å². The van der Waals surface area contributed by atoms with Gasteiger partial charge in [-0.15, -0.1) is 0 Å². The number of carbonyl (C=O) groups is 3. The molecule has 180 valence electrons. The van der Waals surface area contributed by atoms with E-state index < -0.39 is 27.1 Å². The van der Waals surface area contributed by atoms with E-state index in [1.807, 2.05) is 19.1 Å². The van der Waals surface area contributed by atoms with Crippen molar-refractivity contribution >= 4 is 39.2 Å². The predicted molar refractivity (Wildman–Crippen MR) is 130 cm³/mol. The molecule has 0 atom stereocenters. The number of imide groups is 1. The molecule has 1 fully saturated rings. The van der Waals surface area contributed by atoms with Crippen molar-refractivity contribution in [3.63, 3.8) is 0 Å². The highest BCUT2D eigenvalue weighted by atomic mass is 32.2. The van der Waals surface area contributed by atoms with Gasteiger partial charge in [0.15, 0.2) is 0 Å². The van der Waals surface area contributed by atoms with Gasteiger partial charge in [-0.2, -0.15) is 0 Å². The number of likely N-dealkylation sites (tertiary alicyclic amines) is 1. The molecule has 4 amide bonds. The molecule has 1 saturated heterocycles. The lowest BCUT2D eigenvalue weighted by Crippen LogP contribution is -2.48. The lowest BCUT2D eigenvalue weighted by Gasteiger charge is -2.32. The van der Waals surface area contributed by atoms with E-state index in [0.29, 0.717) is 42.9 Å². The van der Waals surface area contributed by atoms with Crippen LogP contribution in [0.25, 0.3) is 0 Å². The maximum Gasteiger partial charge on any atom is 0.321 e. The van der Waals surface area contributed by atoms with Crippen LogP contribution in [0.2, 0.25) is 0 Å². The molecule has 0 bridgehead atoms. The Hall–Kier alpha value is -3.24. The summed E-state index contributed by atoms with van der Waals surface area (Å²) < 4.78 is 26.8. The first kappa shape index (κ1) is 23.9. The molecule has 2 aliphatic rings. The largest absolute Gasteiger partial charge is 0.324 e. The Balaban J connectivity index is 1.40. The third-order valence-corrected chi connectivity index (χ3v) is 8.07. The quantitative estimate of drug-likeness (QED) is 0.633. The van der Waals surface area contributed by atoms with E-state index in [1.54, 1.807) is 43.0 Å². The lowest BCUT2D eigenvalue weighted by atomic mass is 10.1. The molecule has 4 rings (SSSR count). The molecule has 0 aromatic heterocycles. The number of sulfonamides is 1. The zero-order chi connectivity index (χ0) is 24.6. The number of nitrogens with one attached hydrogen (secondary N) is 2. The molecular formula is C24H28N4O5S. The topological polar surface area (TPSA) is 116 Å². The van der Waals surface area contributed by atoms with Gasteiger partial charge in [-0.1, -0.05) is 17.7 Å². The second-order valence-corrected chi connectivity index (χ2v) is 11.2. The number of amides is 4. The summed E-state index contributed by atoms with van der Waals surface area (Å²) >= 11 is 0. The van der Waals surface area contributed by atoms with E-state index in [4.69, 9.17) is 0 Å². The average Bonchev–Trinajstić information content (AvgIpc) is 3.04. The van der Waals surface area contributed by atoms with Crippen LogP contribution >= 0.6 is 0 Å². The molecule has 0 unspecified atom stereocenters. The lowest BCUT2D eigenvalue weighted by molar-refractivity contribution is 0.0926. The van der Waals surface area contributed by atoms with E-state index >= 15 is 0 Å². The van der Waals surface area contributed by atoms with Crippen molar-refractivity contribution in [3.05, 3.63) is 59.2 Å². The smallest absolute Gasteiger partial charge is 0.321 e. The van der Waals surface area contributed by atoms with Crippen molar-refractivity contribution in [1.29, 1.82) is 0 Å². The van der Waals surface area contributed by atoms with Crippen LogP contribution in [0, 0.1) is 6.92 Å². The summed E-state index contributed by atoms with van der Waals surface area (Å²) in [6.07, 6.45) is 1.03. The maximum absolute atomic E-state index is 13.0. The molecule has 0 radical (unpaired) electrons. The summed E-state index contributed by atoms with van der Waals surface area (Å²) in [6, 6.07) is 11.3. The highest BCUT2D eigenvalue weighted by Crippen LogP contribution is 2.30. The number of piperidine rings is 1. The fourth-order valence-electron chi connectivity index (χ4n) is 4.02. The van der Waals surface area contributed by atoms with E-state index in [2.05, 4.69) is 10.0 Å². The van der Waals surface area contributed by atoms with Gasteiger partial charge in [0, 0.05) is 24.8 Å². The highest BCUT2D eigenvalue weighted by Gasteiger charge is 2.37. The third-order valence-electron chi connectivity index (χ3n) is 6.16. The number of hydrogen-bond donors (Lipinski definition) is 2. The fraction of sp³-hybridized carbons (Fsp3) is 0.375. The number of nitrogens with zero attached hydrogens (tertiary/aromatic N) is 2. The number of anilines is 2. The maximum atomic E-state index is 13.0. The highest BCUT2D eigenvalue weighted by molar-refractivity contribution is 7.90. The standard InChI is InChI=1S/C24H28N4O5S/c1-15(2)34(32,33)26-17-10-12-27(13-11-17)24(31)25-18-6-9-20-21(14-18)23(30)28(22(20)29)19-7-4-16(3)5-8-19/h4-9,14-15,17,26H,10-13H2,1-3H3,(H,25,31). The molecule has 0 spiro atoms. The Morgan fingerprint density at radius 1 is 0.971 bits per heavy atom. The normalized spacial score (nSPS) is 16.8. The molecule has 2 aromatic carbocycles. The molecule has 2 aromatic rings.